The second-order valence-electron chi connectivity index (χ2n) is 8.47. The molecule has 3 aliphatic heterocycles. The van der Waals surface area contributed by atoms with Gasteiger partial charge in [0.15, 0.2) is 5.78 Å². The maximum atomic E-state index is 13.3. The molecule has 158 valence electrons. The molecule has 0 saturated carbocycles. The van der Waals surface area contributed by atoms with Crippen molar-refractivity contribution in [2.75, 3.05) is 20.2 Å². The lowest BCUT2D eigenvalue weighted by molar-refractivity contribution is -0.138. The van der Waals surface area contributed by atoms with Crippen LogP contribution < -0.4 is 4.74 Å². The molecule has 0 unspecified atom stereocenters. The SMILES string of the molecule is COc1ccccc1[C@@H]1CCN(CC(=O)N2[C@H]3CC[C@H]2c2snnc2C3)[C@@H](C)C1=O. The van der Waals surface area contributed by atoms with E-state index in [2.05, 4.69) is 9.59 Å². The normalized spacial score (nSPS) is 28.5. The third kappa shape index (κ3) is 3.13. The number of ether oxygens (including phenoxy) is 1. The van der Waals surface area contributed by atoms with E-state index in [9.17, 15) is 9.59 Å². The number of Topliss-reactive ketones (excluding diaryl/α,β-unsaturated/α-hetero) is 1. The molecule has 4 atom stereocenters. The van der Waals surface area contributed by atoms with Gasteiger partial charge in [0.05, 0.1) is 36.3 Å². The summed E-state index contributed by atoms with van der Waals surface area (Å²) in [5, 5.41) is 4.25. The van der Waals surface area contributed by atoms with Gasteiger partial charge in [-0.25, -0.2) is 0 Å². The van der Waals surface area contributed by atoms with E-state index >= 15 is 0 Å². The number of amides is 1. The number of benzene rings is 1. The number of rotatable bonds is 4. The molecule has 3 aliphatic rings. The molecular weight excluding hydrogens is 400 g/mol. The molecule has 8 heteroatoms. The minimum absolute atomic E-state index is 0.114. The topological polar surface area (TPSA) is 75.6 Å². The van der Waals surface area contributed by atoms with Crippen molar-refractivity contribution in [1.82, 2.24) is 19.4 Å². The van der Waals surface area contributed by atoms with Crippen molar-refractivity contribution < 1.29 is 14.3 Å². The fraction of sp³-hybridized carbons (Fsp3) is 0.545. The van der Waals surface area contributed by atoms with Crippen LogP contribution in [0.5, 0.6) is 5.75 Å². The van der Waals surface area contributed by atoms with Crippen LogP contribution in [0.15, 0.2) is 24.3 Å². The lowest BCUT2D eigenvalue weighted by Crippen LogP contribution is -2.53. The fourth-order valence-corrected chi connectivity index (χ4v) is 6.20. The zero-order valence-corrected chi connectivity index (χ0v) is 18.1. The van der Waals surface area contributed by atoms with Crippen LogP contribution in [0, 0.1) is 0 Å². The van der Waals surface area contributed by atoms with Crippen LogP contribution in [-0.4, -0.2) is 63.4 Å². The number of piperidine rings is 1. The summed E-state index contributed by atoms with van der Waals surface area (Å²) in [5.41, 5.74) is 2.01. The predicted octanol–water partition coefficient (Wildman–Crippen LogP) is 2.58. The number of nitrogens with zero attached hydrogens (tertiary/aromatic N) is 4. The van der Waals surface area contributed by atoms with Gasteiger partial charge in [-0.2, -0.15) is 0 Å². The van der Waals surface area contributed by atoms with E-state index < -0.39 is 0 Å². The van der Waals surface area contributed by atoms with Gasteiger partial charge in [0, 0.05) is 30.5 Å². The molecule has 2 saturated heterocycles. The van der Waals surface area contributed by atoms with Gasteiger partial charge in [0.1, 0.15) is 5.75 Å². The first-order valence-electron chi connectivity index (χ1n) is 10.6. The Morgan fingerprint density at radius 1 is 1.27 bits per heavy atom. The number of hydrogen-bond acceptors (Lipinski definition) is 7. The lowest BCUT2D eigenvalue weighted by atomic mass is 9.84. The molecule has 4 heterocycles. The van der Waals surface area contributed by atoms with Gasteiger partial charge in [-0.15, -0.1) is 5.10 Å². The van der Waals surface area contributed by atoms with E-state index in [1.165, 1.54) is 11.5 Å². The van der Waals surface area contributed by atoms with Crippen LogP contribution >= 0.6 is 11.5 Å². The minimum Gasteiger partial charge on any atom is -0.496 e. The van der Waals surface area contributed by atoms with Crippen molar-refractivity contribution in [3.63, 3.8) is 0 Å². The van der Waals surface area contributed by atoms with Crippen molar-refractivity contribution >= 4 is 23.2 Å². The Kier molecular flexibility index (Phi) is 5.06. The highest BCUT2D eigenvalue weighted by Gasteiger charge is 2.45. The smallest absolute Gasteiger partial charge is 0.237 e. The molecule has 0 N–H and O–H groups in total. The fourth-order valence-electron chi connectivity index (χ4n) is 5.39. The summed E-state index contributed by atoms with van der Waals surface area (Å²) >= 11 is 1.42. The highest BCUT2D eigenvalue weighted by atomic mass is 32.1. The van der Waals surface area contributed by atoms with Gasteiger partial charge in [0.25, 0.3) is 0 Å². The summed E-state index contributed by atoms with van der Waals surface area (Å²) < 4.78 is 9.56. The second-order valence-corrected chi connectivity index (χ2v) is 9.25. The van der Waals surface area contributed by atoms with E-state index in [1.54, 1.807) is 7.11 Å². The number of methoxy groups -OCH3 is 1. The molecule has 1 aromatic carbocycles. The van der Waals surface area contributed by atoms with Crippen molar-refractivity contribution in [3.05, 3.63) is 40.4 Å². The van der Waals surface area contributed by atoms with Crippen LogP contribution in [0.3, 0.4) is 0 Å². The number of aromatic nitrogens is 2. The molecular formula is C22H26N4O3S. The standard InChI is InChI=1S/C22H26N4O3S/c1-13-21(28)16(15-5-3-4-6-19(15)29-2)9-10-25(13)12-20(27)26-14-7-8-18(26)22-17(11-14)23-24-30-22/h3-6,13-14,16,18H,7-12H2,1-2H3/t13-,14-,16-,18-/m0/s1. The van der Waals surface area contributed by atoms with E-state index in [4.69, 9.17) is 4.74 Å². The van der Waals surface area contributed by atoms with E-state index in [0.717, 1.165) is 47.7 Å². The molecule has 2 bridgehead atoms. The Hall–Kier alpha value is -2.32. The number of para-hydroxylation sites is 1. The number of carbonyl (C=O) groups excluding carboxylic acids is 2. The first kappa shape index (κ1) is 19.6. The van der Waals surface area contributed by atoms with Gasteiger partial charge in [-0.3, -0.25) is 14.5 Å². The average Bonchev–Trinajstić information content (AvgIpc) is 3.36. The number of fused-ring (bicyclic) bond motifs is 4. The summed E-state index contributed by atoms with van der Waals surface area (Å²) in [7, 11) is 1.64. The average molecular weight is 427 g/mol. The largest absolute Gasteiger partial charge is 0.496 e. The van der Waals surface area contributed by atoms with Crippen molar-refractivity contribution in [3.8, 4) is 5.75 Å². The second kappa shape index (κ2) is 7.74. The molecule has 2 fully saturated rings. The Balaban J connectivity index is 1.29. The first-order chi connectivity index (χ1) is 14.6. The van der Waals surface area contributed by atoms with Crippen molar-refractivity contribution in [2.45, 2.75) is 56.7 Å². The zero-order valence-electron chi connectivity index (χ0n) is 17.3. The lowest BCUT2D eigenvalue weighted by Gasteiger charge is -2.39. The summed E-state index contributed by atoms with van der Waals surface area (Å²) in [5.74, 6) is 0.858. The number of ketones is 1. The Morgan fingerprint density at radius 3 is 2.93 bits per heavy atom. The van der Waals surface area contributed by atoms with Crippen LogP contribution in [-0.2, 0) is 16.0 Å². The highest BCUT2D eigenvalue weighted by molar-refractivity contribution is 7.05. The third-order valence-electron chi connectivity index (χ3n) is 6.97. The molecule has 0 aliphatic carbocycles. The Bertz CT molecular complexity index is 977. The van der Waals surface area contributed by atoms with Gasteiger partial charge in [-0.05, 0) is 43.8 Å². The van der Waals surface area contributed by atoms with Crippen molar-refractivity contribution in [2.24, 2.45) is 0 Å². The molecule has 1 aromatic heterocycles. The van der Waals surface area contributed by atoms with E-state index in [1.807, 2.05) is 41.0 Å². The van der Waals surface area contributed by atoms with Gasteiger partial charge < -0.3 is 9.64 Å². The van der Waals surface area contributed by atoms with Crippen LogP contribution in [0.1, 0.15) is 54.3 Å². The molecule has 7 nitrogen and oxygen atoms in total. The quantitative estimate of drug-likeness (QED) is 0.748. The maximum absolute atomic E-state index is 13.3. The number of carbonyl (C=O) groups is 2. The van der Waals surface area contributed by atoms with Gasteiger partial charge in [-0.1, -0.05) is 22.7 Å². The predicted molar refractivity (Wildman–Crippen MR) is 113 cm³/mol. The summed E-state index contributed by atoms with van der Waals surface area (Å²) in [6.45, 7) is 2.94. The number of hydrogen-bond donors (Lipinski definition) is 0. The molecule has 0 radical (unpaired) electrons. The number of likely N-dealkylation sites (tertiary alicyclic amines) is 1. The maximum Gasteiger partial charge on any atom is 0.237 e. The summed E-state index contributed by atoms with van der Waals surface area (Å²) in [6, 6.07) is 7.78. The molecule has 2 aromatic rings. The Morgan fingerprint density at radius 2 is 2.10 bits per heavy atom. The van der Waals surface area contributed by atoms with Crippen LogP contribution in [0.25, 0.3) is 0 Å². The van der Waals surface area contributed by atoms with Gasteiger partial charge >= 0.3 is 0 Å². The van der Waals surface area contributed by atoms with E-state index in [0.29, 0.717) is 13.0 Å². The van der Waals surface area contributed by atoms with Gasteiger partial charge in [0.2, 0.25) is 5.91 Å². The van der Waals surface area contributed by atoms with E-state index in [-0.39, 0.29) is 35.7 Å². The summed E-state index contributed by atoms with van der Waals surface area (Å²) in [6.07, 6.45) is 3.51. The monoisotopic (exact) mass is 426 g/mol. The molecule has 5 rings (SSSR count). The van der Waals surface area contributed by atoms with Crippen molar-refractivity contribution in [1.29, 1.82) is 0 Å². The Labute approximate surface area is 180 Å². The van der Waals surface area contributed by atoms with Crippen LogP contribution in [0.4, 0.5) is 0 Å². The van der Waals surface area contributed by atoms with Crippen LogP contribution in [0.2, 0.25) is 0 Å². The minimum atomic E-state index is -0.291. The molecule has 0 spiro atoms. The zero-order chi connectivity index (χ0) is 20.8. The summed E-state index contributed by atoms with van der Waals surface area (Å²) in [4.78, 5) is 31.7. The molecule has 1 amide bonds. The highest BCUT2D eigenvalue weighted by Crippen LogP contribution is 2.44. The third-order valence-corrected chi connectivity index (χ3v) is 7.84. The first-order valence-corrected chi connectivity index (χ1v) is 11.4. The molecule has 30 heavy (non-hydrogen) atoms.